The van der Waals surface area contributed by atoms with Crippen molar-refractivity contribution in [2.24, 2.45) is 0 Å². The number of carbonyl (C=O) groups is 1. The minimum atomic E-state index is -0.226. The number of pyridine rings is 2. The smallest absolute Gasteiger partial charge is 0.259 e. The van der Waals surface area contributed by atoms with Crippen molar-refractivity contribution >= 4 is 17.0 Å². The summed E-state index contributed by atoms with van der Waals surface area (Å²) in [7, 11) is 1.61. The van der Waals surface area contributed by atoms with E-state index in [0.29, 0.717) is 47.4 Å². The fraction of sp³-hybridized carbons (Fsp3) is 0.280. The van der Waals surface area contributed by atoms with Crippen molar-refractivity contribution < 1.29 is 18.8 Å². The number of amides is 1. The number of carbonyl (C=O) groups excluding carboxylic acids is 1. The van der Waals surface area contributed by atoms with Crippen LogP contribution in [0.15, 0.2) is 59.3 Å². The van der Waals surface area contributed by atoms with E-state index in [4.69, 9.17) is 14.0 Å². The van der Waals surface area contributed by atoms with E-state index in [2.05, 4.69) is 20.4 Å². The van der Waals surface area contributed by atoms with Gasteiger partial charge in [-0.05, 0) is 25.0 Å². The number of hydrogen-bond donors (Lipinski definition) is 1. The molecule has 3 heterocycles. The zero-order valence-electron chi connectivity index (χ0n) is 18.3. The van der Waals surface area contributed by atoms with Crippen molar-refractivity contribution in [1.29, 1.82) is 0 Å². The fourth-order valence-corrected chi connectivity index (χ4v) is 3.71. The molecule has 5 rings (SSSR count). The number of methoxy groups -OCH3 is 1. The molecule has 0 spiro atoms. The Morgan fingerprint density at radius 2 is 2.00 bits per heavy atom. The van der Waals surface area contributed by atoms with E-state index in [9.17, 15) is 4.79 Å². The number of aromatic nitrogens is 3. The summed E-state index contributed by atoms with van der Waals surface area (Å²) in [6, 6.07) is 15.2. The second-order valence-electron chi connectivity index (χ2n) is 7.94. The normalized spacial score (nSPS) is 13.2. The topological polar surface area (TPSA) is 99.4 Å². The molecular formula is C25H24N4O4. The number of fused-ring (bicyclic) bond motifs is 1. The van der Waals surface area contributed by atoms with Crippen LogP contribution in [0.3, 0.4) is 0 Å². The van der Waals surface area contributed by atoms with Crippen LogP contribution in [0.1, 0.15) is 40.4 Å². The van der Waals surface area contributed by atoms with Gasteiger partial charge in [0.25, 0.3) is 11.6 Å². The zero-order valence-corrected chi connectivity index (χ0v) is 18.3. The van der Waals surface area contributed by atoms with E-state index in [1.54, 1.807) is 13.3 Å². The van der Waals surface area contributed by atoms with Crippen molar-refractivity contribution in [3.05, 3.63) is 71.5 Å². The first-order valence-corrected chi connectivity index (χ1v) is 10.9. The van der Waals surface area contributed by atoms with Crippen LogP contribution in [0.5, 0.6) is 5.88 Å². The molecule has 1 aliphatic rings. The molecule has 0 unspecified atom stereocenters. The van der Waals surface area contributed by atoms with Crippen LogP contribution < -0.4 is 10.1 Å². The van der Waals surface area contributed by atoms with Crippen LogP contribution in [0.4, 0.5) is 0 Å². The third kappa shape index (κ3) is 4.56. The van der Waals surface area contributed by atoms with Gasteiger partial charge in [-0.3, -0.25) is 4.79 Å². The third-order valence-electron chi connectivity index (χ3n) is 5.57. The molecule has 8 nitrogen and oxygen atoms in total. The molecule has 1 aromatic carbocycles. The molecule has 4 aromatic rings. The molecule has 1 aliphatic carbocycles. The molecule has 0 radical (unpaired) electrons. The number of nitrogens with one attached hydrogen (secondary N) is 1. The fourth-order valence-electron chi connectivity index (χ4n) is 3.71. The Hall–Kier alpha value is -3.78. The molecule has 168 valence electrons. The number of benzene rings is 1. The number of rotatable bonds is 9. The Balaban J connectivity index is 1.45. The first kappa shape index (κ1) is 21.1. The lowest BCUT2D eigenvalue weighted by Crippen LogP contribution is -2.24. The molecule has 0 aliphatic heterocycles. The molecule has 1 fully saturated rings. The van der Waals surface area contributed by atoms with Gasteiger partial charge in [-0.1, -0.05) is 41.6 Å². The standard InChI is InChI=1S/C25H24N4O4/c1-31-12-13-32-24-18(8-5-11-26-24)15-27-23(30)19-14-20(16-9-10-16)28-25-21(19)22(29-33-25)17-6-3-2-4-7-17/h2-8,11,14,16H,9-10,12-13,15H2,1H3,(H,27,30). The third-order valence-corrected chi connectivity index (χ3v) is 5.57. The van der Waals surface area contributed by atoms with Crippen LogP contribution in [-0.4, -0.2) is 41.4 Å². The highest BCUT2D eigenvalue weighted by Crippen LogP contribution is 2.41. The maximum absolute atomic E-state index is 13.4. The first-order chi connectivity index (χ1) is 16.2. The summed E-state index contributed by atoms with van der Waals surface area (Å²) in [5.41, 5.74) is 4.01. The van der Waals surface area contributed by atoms with Crippen molar-refractivity contribution in [2.75, 3.05) is 20.3 Å². The maximum Gasteiger partial charge on any atom is 0.259 e. The van der Waals surface area contributed by atoms with E-state index in [1.807, 2.05) is 48.5 Å². The number of ether oxygens (including phenoxy) is 2. The van der Waals surface area contributed by atoms with E-state index < -0.39 is 0 Å². The average molecular weight is 444 g/mol. The van der Waals surface area contributed by atoms with Gasteiger partial charge in [0, 0.05) is 42.6 Å². The van der Waals surface area contributed by atoms with E-state index in [1.165, 1.54) is 0 Å². The Kier molecular flexibility index (Phi) is 5.99. The highest BCUT2D eigenvalue weighted by atomic mass is 16.5. The van der Waals surface area contributed by atoms with Crippen LogP contribution >= 0.6 is 0 Å². The molecule has 3 aromatic heterocycles. The second-order valence-corrected chi connectivity index (χ2v) is 7.94. The van der Waals surface area contributed by atoms with Gasteiger partial charge in [0.1, 0.15) is 12.3 Å². The molecule has 1 N–H and O–H groups in total. The molecule has 8 heteroatoms. The Labute approximate surface area is 190 Å². The van der Waals surface area contributed by atoms with E-state index in [0.717, 1.165) is 29.7 Å². The second kappa shape index (κ2) is 9.38. The van der Waals surface area contributed by atoms with Crippen molar-refractivity contribution in [1.82, 2.24) is 20.4 Å². The van der Waals surface area contributed by atoms with Crippen molar-refractivity contribution in [3.8, 4) is 17.1 Å². The summed E-state index contributed by atoms with van der Waals surface area (Å²) in [4.78, 5) is 22.3. The van der Waals surface area contributed by atoms with Crippen molar-refractivity contribution in [2.45, 2.75) is 25.3 Å². The average Bonchev–Trinajstić information content (AvgIpc) is 3.62. The predicted octanol–water partition coefficient (Wildman–Crippen LogP) is 4.12. The lowest BCUT2D eigenvalue weighted by Gasteiger charge is -2.12. The summed E-state index contributed by atoms with van der Waals surface area (Å²) < 4.78 is 16.3. The monoisotopic (exact) mass is 444 g/mol. The molecule has 1 saturated carbocycles. The quantitative estimate of drug-likeness (QED) is 0.388. The molecular weight excluding hydrogens is 420 g/mol. The van der Waals surface area contributed by atoms with Gasteiger partial charge in [-0.15, -0.1) is 0 Å². The van der Waals surface area contributed by atoms with Crippen LogP contribution in [0.25, 0.3) is 22.4 Å². The van der Waals surface area contributed by atoms with Crippen LogP contribution in [0.2, 0.25) is 0 Å². The molecule has 33 heavy (non-hydrogen) atoms. The highest BCUT2D eigenvalue weighted by molar-refractivity contribution is 6.09. The maximum atomic E-state index is 13.4. The lowest BCUT2D eigenvalue weighted by atomic mass is 10.0. The summed E-state index contributed by atoms with van der Waals surface area (Å²) in [5.74, 6) is 0.616. The molecule has 0 bridgehead atoms. The van der Waals surface area contributed by atoms with Gasteiger partial charge < -0.3 is 19.3 Å². The minimum absolute atomic E-state index is 0.226. The summed E-state index contributed by atoms with van der Waals surface area (Å²) in [5, 5.41) is 7.87. The zero-order chi connectivity index (χ0) is 22.6. The van der Waals surface area contributed by atoms with Gasteiger partial charge in [-0.2, -0.15) is 0 Å². The van der Waals surface area contributed by atoms with Gasteiger partial charge in [0.05, 0.1) is 17.6 Å². The van der Waals surface area contributed by atoms with Gasteiger partial charge in [-0.25, -0.2) is 9.97 Å². The lowest BCUT2D eigenvalue weighted by molar-refractivity contribution is 0.0951. The summed E-state index contributed by atoms with van der Waals surface area (Å²) in [6.07, 6.45) is 3.79. The summed E-state index contributed by atoms with van der Waals surface area (Å²) >= 11 is 0. The molecule has 0 atom stereocenters. The number of hydrogen-bond acceptors (Lipinski definition) is 7. The Morgan fingerprint density at radius 3 is 2.79 bits per heavy atom. The molecule has 1 amide bonds. The highest BCUT2D eigenvalue weighted by Gasteiger charge is 2.29. The van der Waals surface area contributed by atoms with E-state index in [-0.39, 0.29) is 12.5 Å². The predicted molar refractivity (Wildman–Crippen MR) is 122 cm³/mol. The van der Waals surface area contributed by atoms with Gasteiger partial charge >= 0.3 is 0 Å². The largest absolute Gasteiger partial charge is 0.475 e. The van der Waals surface area contributed by atoms with E-state index >= 15 is 0 Å². The van der Waals surface area contributed by atoms with Gasteiger partial charge in [0.15, 0.2) is 0 Å². The summed E-state index contributed by atoms with van der Waals surface area (Å²) in [6.45, 7) is 1.10. The van der Waals surface area contributed by atoms with Gasteiger partial charge in [0.2, 0.25) is 5.88 Å². The number of nitrogens with zero attached hydrogens (tertiary/aromatic N) is 3. The Bertz CT molecular complexity index is 1270. The van der Waals surface area contributed by atoms with Crippen LogP contribution in [-0.2, 0) is 11.3 Å². The minimum Gasteiger partial charge on any atom is -0.475 e. The first-order valence-electron chi connectivity index (χ1n) is 10.9. The SMILES string of the molecule is COCCOc1ncccc1CNC(=O)c1cc(C2CC2)nc2onc(-c3ccccc3)c12. The van der Waals surface area contributed by atoms with Crippen LogP contribution in [0, 0.1) is 0 Å². The molecule has 0 saturated heterocycles. The van der Waals surface area contributed by atoms with Crippen molar-refractivity contribution in [3.63, 3.8) is 0 Å². The Morgan fingerprint density at radius 1 is 1.15 bits per heavy atom.